The molecule has 2 rings (SSSR count). The van der Waals surface area contributed by atoms with Gasteiger partial charge in [0.15, 0.2) is 5.75 Å². The van der Waals surface area contributed by atoms with Crippen LogP contribution in [0.25, 0.3) is 0 Å². The van der Waals surface area contributed by atoms with Gasteiger partial charge in [-0.25, -0.2) is 0 Å². The number of fused-ring (bicyclic) bond motifs is 1. The number of phenols is 1. The van der Waals surface area contributed by atoms with Crippen molar-refractivity contribution in [3.8, 4) is 17.2 Å². The van der Waals surface area contributed by atoms with Crippen molar-refractivity contribution < 1.29 is 14.8 Å². The van der Waals surface area contributed by atoms with Crippen molar-refractivity contribution in [2.24, 2.45) is 0 Å². The molecule has 0 fully saturated rings. The highest BCUT2D eigenvalue weighted by atomic mass is 79.9. The summed E-state index contributed by atoms with van der Waals surface area (Å²) in [4.78, 5) is 9.54. The van der Waals surface area contributed by atoms with Crippen LogP contribution in [0.4, 0.5) is 0 Å². The normalized spacial score (nSPS) is 13.5. The summed E-state index contributed by atoms with van der Waals surface area (Å²) in [5, 5.41) is 9.24. The van der Waals surface area contributed by atoms with Crippen LogP contribution >= 0.6 is 15.9 Å². The third-order valence-electron chi connectivity index (χ3n) is 1.30. The quantitative estimate of drug-likeness (QED) is 0.689. The lowest BCUT2D eigenvalue weighted by Gasteiger charge is -1.96. The van der Waals surface area contributed by atoms with Gasteiger partial charge in [-0.05, 0) is 6.07 Å². The molecule has 0 aromatic heterocycles. The Balaban J connectivity index is 2.60. The highest BCUT2D eigenvalue weighted by Gasteiger charge is 2.18. The van der Waals surface area contributed by atoms with E-state index in [4.69, 9.17) is 9.68 Å². The van der Waals surface area contributed by atoms with Crippen LogP contribution in [-0.2, 0) is 0 Å². The second kappa shape index (κ2) is 2.28. The molecule has 1 heterocycles. The average molecular weight is 218 g/mol. The maximum Gasteiger partial charge on any atom is 0.237 e. The van der Waals surface area contributed by atoms with Crippen molar-refractivity contribution >= 4 is 15.9 Å². The summed E-state index contributed by atoms with van der Waals surface area (Å²) in [6.07, 6.45) is 0. The number of phenolic OH excluding ortho intramolecular Hbond substituents is 1. The molecule has 0 saturated carbocycles. The Labute approximate surface area is 70.8 Å². The van der Waals surface area contributed by atoms with E-state index >= 15 is 0 Å². The van der Waals surface area contributed by atoms with E-state index in [1.807, 2.05) is 0 Å². The summed E-state index contributed by atoms with van der Waals surface area (Å²) in [6, 6.07) is 3.21. The topological polar surface area (TPSA) is 50.7 Å². The molecule has 0 atom stereocenters. The van der Waals surface area contributed by atoms with Crippen molar-refractivity contribution in [2.45, 2.75) is 0 Å². The first kappa shape index (κ1) is 6.75. The number of aromatic hydroxyl groups is 1. The van der Waals surface area contributed by atoms with E-state index in [1.54, 1.807) is 6.07 Å². The number of halogens is 1. The molecule has 11 heavy (non-hydrogen) atoms. The number of rotatable bonds is 0. The number of hydrogen-bond donors (Lipinski definition) is 2. The summed E-state index contributed by atoms with van der Waals surface area (Å²) < 4.78 is 0.737. The largest absolute Gasteiger partial charge is 0.504 e. The van der Waals surface area contributed by atoms with Crippen molar-refractivity contribution in [2.75, 3.05) is 0 Å². The maximum atomic E-state index is 9.24. The van der Waals surface area contributed by atoms with Crippen LogP contribution in [0.15, 0.2) is 16.6 Å². The molecule has 0 bridgehead atoms. The average Bonchev–Trinajstić information content (AvgIpc) is 2.34. The zero-order valence-corrected chi connectivity index (χ0v) is 6.88. The molecule has 58 valence electrons. The van der Waals surface area contributed by atoms with Crippen molar-refractivity contribution in [3.05, 3.63) is 16.6 Å². The van der Waals surface area contributed by atoms with Gasteiger partial charge in [0.2, 0.25) is 11.5 Å². The second-order valence-electron chi connectivity index (χ2n) is 2.04. The Morgan fingerprint density at radius 1 is 1.36 bits per heavy atom. The van der Waals surface area contributed by atoms with Crippen LogP contribution < -0.4 is 15.3 Å². The van der Waals surface area contributed by atoms with Crippen LogP contribution in [0.1, 0.15) is 0 Å². The highest BCUT2D eigenvalue weighted by Crippen LogP contribution is 2.40. The fraction of sp³-hybridized carbons (Fsp3) is 0. The molecule has 0 spiro atoms. The van der Waals surface area contributed by atoms with Crippen molar-refractivity contribution in [1.82, 2.24) is 5.64 Å². The molecule has 1 aromatic carbocycles. The predicted molar refractivity (Wildman–Crippen MR) is 40.2 cm³/mol. The molecule has 1 aromatic rings. The molecule has 1 aliphatic rings. The van der Waals surface area contributed by atoms with E-state index in [1.165, 1.54) is 6.07 Å². The minimum atomic E-state index is 0.0411. The van der Waals surface area contributed by atoms with E-state index in [0.717, 1.165) is 4.47 Å². The zero-order valence-electron chi connectivity index (χ0n) is 5.30. The summed E-state index contributed by atoms with van der Waals surface area (Å²) in [5.41, 5.74) is 2.17. The van der Waals surface area contributed by atoms with Gasteiger partial charge in [0.25, 0.3) is 0 Å². The molecule has 0 aliphatic carbocycles. The first-order valence-electron chi connectivity index (χ1n) is 2.88. The van der Waals surface area contributed by atoms with Gasteiger partial charge in [-0.15, -0.1) is 0 Å². The first-order chi connectivity index (χ1) is 5.27. The summed E-state index contributed by atoms with van der Waals surface area (Å²) >= 11 is 3.19. The lowest BCUT2D eigenvalue weighted by atomic mass is 10.3. The third-order valence-corrected chi connectivity index (χ3v) is 1.75. The monoisotopic (exact) mass is 217 g/mol. The Kier molecular flexibility index (Phi) is 1.40. The van der Waals surface area contributed by atoms with Gasteiger partial charge in [-0.3, -0.25) is 0 Å². The van der Waals surface area contributed by atoms with E-state index in [9.17, 15) is 5.11 Å². The Bertz CT molecular complexity index is 302. The van der Waals surface area contributed by atoms with Crippen LogP contribution in [0.5, 0.6) is 17.2 Å². The lowest BCUT2D eigenvalue weighted by molar-refractivity contribution is 0.0248. The van der Waals surface area contributed by atoms with E-state index < -0.39 is 0 Å². The van der Waals surface area contributed by atoms with Gasteiger partial charge in [0.05, 0.1) is 0 Å². The van der Waals surface area contributed by atoms with Gasteiger partial charge in [-0.2, -0.15) is 0 Å². The Morgan fingerprint density at radius 2 is 2.18 bits per heavy atom. The smallest absolute Gasteiger partial charge is 0.237 e. The molecule has 1 aliphatic heterocycles. The van der Waals surface area contributed by atoms with Crippen molar-refractivity contribution in [3.63, 3.8) is 0 Å². The van der Waals surface area contributed by atoms with Gasteiger partial charge >= 0.3 is 0 Å². The Hall–Kier alpha value is -0.940. The molecular weight excluding hydrogens is 214 g/mol. The SMILES string of the molecule is Oc1cc(Br)cc2c1ONO2. The number of hydrogen-bond acceptors (Lipinski definition) is 4. The van der Waals surface area contributed by atoms with Gasteiger partial charge in [-0.1, -0.05) is 15.9 Å². The van der Waals surface area contributed by atoms with Crippen molar-refractivity contribution in [1.29, 1.82) is 0 Å². The molecule has 4 nitrogen and oxygen atoms in total. The summed E-state index contributed by atoms with van der Waals surface area (Å²) in [6.45, 7) is 0. The van der Waals surface area contributed by atoms with Crippen LogP contribution in [0, 0.1) is 0 Å². The van der Waals surface area contributed by atoms with E-state index in [2.05, 4.69) is 21.6 Å². The minimum Gasteiger partial charge on any atom is -0.504 e. The van der Waals surface area contributed by atoms with Gasteiger partial charge in [0, 0.05) is 16.2 Å². The van der Waals surface area contributed by atoms with E-state index in [0.29, 0.717) is 11.5 Å². The highest BCUT2D eigenvalue weighted by molar-refractivity contribution is 9.10. The number of benzene rings is 1. The molecule has 0 saturated heterocycles. The molecule has 0 unspecified atom stereocenters. The molecule has 0 amide bonds. The van der Waals surface area contributed by atoms with Gasteiger partial charge in [0.1, 0.15) is 0 Å². The third kappa shape index (κ3) is 1.02. The fourth-order valence-electron chi connectivity index (χ4n) is 0.841. The van der Waals surface area contributed by atoms with Crippen LogP contribution in [-0.4, -0.2) is 5.11 Å². The first-order valence-corrected chi connectivity index (χ1v) is 3.68. The van der Waals surface area contributed by atoms with Crippen LogP contribution in [0.2, 0.25) is 0 Å². The zero-order chi connectivity index (χ0) is 7.84. The van der Waals surface area contributed by atoms with Gasteiger partial charge < -0.3 is 14.8 Å². The molecular formula is C6H4BrNO3. The summed E-state index contributed by atoms with van der Waals surface area (Å²) in [5.74, 6) is 0.824. The molecule has 2 N–H and O–H groups in total. The fourth-order valence-corrected chi connectivity index (χ4v) is 1.27. The minimum absolute atomic E-state index is 0.0411. The molecule has 5 heteroatoms. The Morgan fingerprint density at radius 3 is 3.00 bits per heavy atom. The predicted octanol–water partition coefficient (Wildman–Crippen LogP) is 1.35. The maximum absolute atomic E-state index is 9.24. The lowest BCUT2D eigenvalue weighted by Crippen LogP contribution is -2.14. The standard InChI is InChI=1S/C6H4BrNO3/c7-3-1-4(9)6-5(2-3)10-8-11-6/h1-2,8-9H. The van der Waals surface area contributed by atoms with Crippen LogP contribution in [0.3, 0.4) is 0 Å². The summed E-state index contributed by atoms with van der Waals surface area (Å²) in [7, 11) is 0. The number of nitrogens with one attached hydrogen (secondary N) is 1. The molecule has 0 radical (unpaired) electrons. The van der Waals surface area contributed by atoms with E-state index in [-0.39, 0.29) is 5.75 Å². The second-order valence-corrected chi connectivity index (χ2v) is 2.96.